The predicted octanol–water partition coefficient (Wildman–Crippen LogP) is 2.52. The number of hydrogen-bond acceptors (Lipinski definition) is 4. The number of aromatic nitrogens is 2. The molecule has 1 aromatic heterocycles. The van der Waals surface area contributed by atoms with Gasteiger partial charge in [0, 0.05) is 29.8 Å². The number of nitrogens with one attached hydrogen (secondary N) is 1. The van der Waals surface area contributed by atoms with E-state index < -0.39 is 0 Å². The Balaban J connectivity index is 2.08. The van der Waals surface area contributed by atoms with Crippen LogP contribution in [0.4, 0.5) is 0 Å². The molecule has 0 saturated heterocycles. The SMILES string of the molecule is COc1ccc(C)cc1C(N)CSc1ncc[nH]1. The number of thioether (sulfide) groups is 1. The molecule has 0 radical (unpaired) electrons. The molecule has 0 bridgehead atoms. The van der Waals surface area contributed by atoms with Crippen molar-refractivity contribution in [2.24, 2.45) is 5.73 Å². The summed E-state index contributed by atoms with van der Waals surface area (Å²) in [5, 5.41) is 0.886. The second-order valence-corrected chi connectivity index (χ2v) is 5.07. The van der Waals surface area contributed by atoms with Crippen LogP contribution in [0.25, 0.3) is 0 Å². The lowest BCUT2D eigenvalue weighted by molar-refractivity contribution is 0.407. The zero-order valence-corrected chi connectivity index (χ0v) is 11.3. The highest BCUT2D eigenvalue weighted by Crippen LogP contribution is 2.28. The molecular formula is C13H17N3OS. The molecule has 5 heteroatoms. The lowest BCUT2D eigenvalue weighted by atomic mass is 10.1. The summed E-state index contributed by atoms with van der Waals surface area (Å²) >= 11 is 1.61. The molecule has 1 aromatic carbocycles. The van der Waals surface area contributed by atoms with Crippen LogP contribution in [0.1, 0.15) is 17.2 Å². The number of imidazole rings is 1. The summed E-state index contributed by atoms with van der Waals surface area (Å²) in [6.07, 6.45) is 3.54. The van der Waals surface area contributed by atoms with Gasteiger partial charge in [-0.3, -0.25) is 0 Å². The summed E-state index contributed by atoms with van der Waals surface area (Å²) in [4.78, 5) is 7.21. The number of rotatable bonds is 5. The summed E-state index contributed by atoms with van der Waals surface area (Å²) in [6.45, 7) is 2.05. The van der Waals surface area contributed by atoms with Gasteiger partial charge in [0.25, 0.3) is 0 Å². The minimum atomic E-state index is -0.0741. The smallest absolute Gasteiger partial charge is 0.165 e. The maximum Gasteiger partial charge on any atom is 0.165 e. The van der Waals surface area contributed by atoms with E-state index in [2.05, 4.69) is 23.0 Å². The number of hydrogen-bond donors (Lipinski definition) is 2. The highest BCUT2D eigenvalue weighted by Gasteiger charge is 2.13. The number of H-pyrrole nitrogens is 1. The molecule has 18 heavy (non-hydrogen) atoms. The number of nitrogens with zero attached hydrogens (tertiary/aromatic N) is 1. The van der Waals surface area contributed by atoms with Gasteiger partial charge in [-0.15, -0.1) is 0 Å². The van der Waals surface area contributed by atoms with Gasteiger partial charge in [-0.1, -0.05) is 29.5 Å². The summed E-state index contributed by atoms with van der Waals surface area (Å²) in [6, 6.07) is 5.98. The Labute approximate surface area is 111 Å². The fourth-order valence-electron chi connectivity index (χ4n) is 1.73. The van der Waals surface area contributed by atoms with Gasteiger partial charge in [0.2, 0.25) is 0 Å². The third-order valence-corrected chi connectivity index (χ3v) is 3.68. The zero-order chi connectivity index (χ0) is 13.0. The largest absolute Gasteiger partial charge is 0.496 e. The molecular weight excluding hydrogens is 246 g/mol. The molecule has 2 aromatic rings. The fourth-order valence-corrected chi connectivity index (χ4v) is 2.54. The molecule has 1 atom stereocenters. The lowest BCUT2D eigenvalue weighted by Crippen LogP contribution is -2.14. The van der Waals surface area contributed by atoms with E-state index in [0.29, 0.717) is 0 Å². The van der Waals surface area contributed by atoms with Crippen molar-refractivity contribution in [1.82, 2.24) is 9.97 Å². The number of benzene rings is 1. The number of aryl methyl sites for hydroxylation is 1. The van der Waals surface area contributed by atoms with E-state index in [9.17, 15) is 0 Å². The first kappa shape index (κ1) is 13.0. The first-order valence-electron chi connectivity index (χ1n) is 5.73. The summed E-state index contributed by atoms with van der Waals surface area (Å²) < 4.78 is 5.35. The normalized spacial score (nSPS) is 12.4. The van der Waals surface area contributed by atoms with Crippen molar-refractivity contribution in [3.63, 3.8) is 0 Å². The van der Waals surface area contributed by atoms with Crippen LogP contribution >= 0.6 is 11.8 Å². The van der Waals surface area contributed by atoms with Crippen molar-refractivity contribution >= 4 is 11.8 Å². The molecule has 0 aliphatic rings. The van der Waals surface area contributed by atoms with Crippen molar-refractivity contribution in [2.75, 3.05) is 12.9 Å². The molecule has 0 spiro atoms. The van der Waals surface area contributed by atoms with Crippen molar-refractivity contribution in [3.8, 4) is 5.75 Å². The number of ether oxygens (including phenoxy) is 1. The van der Waals surface area contributed by atoms with E-state index in [1.54, 1.807) is 31.3 Å². The van der Waals surface area contributed by atoms with Gasteiger partial charge in [0.05, 0.1) is 7.11 Å². The quantitative estimate of drug-likeness (QED) is 0.814. The maximum absolute atomic E-state index is 6.21. The van der Waals surface area contributed by atoms with Crippen LogP contribution in [0.2, 0.25) is 0 Å². The Morgan fingerprint density at radius 2 is 2.33 bits per heavy atom. The van der Waals surface area contributed by atoms with Crippen molar-refractivity contribution in [2.45, 2.75) is 18.1 Å². The Morgan fingerprint density at radius 3 is 3.00 bits per heavy atom. The Hall–Kier alpha value is -1.46. The topological polar surface area (TPSA) is 63.9 Å². The Morgan fingerprint density at radius 1 is 1.50 bits per heavy atom. The van der Waals surface area contributed by atoms with E-state index in [0.717, 1.165) is 22.2 Å². The summed E-state index contributed by atoms with van der Waals surface area (Å²) in [7, 11) is 1.67. The van der Waals surface area contributed by atoms with Gasteiger partial charge in [-0.25, -0.2) is 4.98 Å². The van der Waals surface area contributed by atoms with Crippen LogP contribution in [0, 0.1) is 6.92 Å². The first-order valence-corrected chi connectivity index (χ1v) is 6.71. The van der Waals surface area contributed by atoms with Crippen molar-refractivity contribution in [1.29, 1.82) is 0 Å². The van der Waals surface area contributed by atoms with Gasteiger partial charge in [0.1, 0.15) is 5.75 Å². The number of nitrogens with two attached hydrogens (primary N) is 1. The van der Waals surface area contributed by atoms with Crippen LogP contribution < -0.4 is 10.5 Å². The molecule has 0 fully saturated rings. The minimum Gasteiger partial charge on any atom is -0.496 e. The van der Waals surface area contributed by atoms with Gasteiger partial charge in [-0.2, -0.15) is 0 Å². The number of aromatic amines is 1. The van der Waals surface area contributed by atoms with Gasteiger partial charge in [-0.05, 0) is 13.0 Å². The van der Waals surface area contributed by atoms with Gasteiger partial charge >= 0.3 is 0 Å². The third kappa shape index (κ3) is 3.05. The standard InChI is InChI=1S/C13H17N3OS/c1-9-3-4-12(17-2)10(7-9)11(14)8-18-13-15-5-6-16-13/h3-7,11H,8,14H2,1-2H3,(H,15,16). The van der Waals surface area contributed by atoms with Crippen LogP contribution in [-0.2, 0) is 0 Å². The monoisotopic (exact) mass is 263 g/mol. The van der Waals surface area contributed by atoms with Crippen molar-refractivity contribution < 1.29 is 4.74 Å². The molecule has 4 nitrogen and oxygen atoms in total. The van der Waals surface area contributed by atoms with E-state index in [4.69, 9.17) is 10.5 Å². The van der Waals surface area contributed by atoms with Crippen LogP contribution in [-0.4, -0.2) is 22.8 Å². The average Bonchev–Trinajstić information content (AvgIpc) is 2.89. The molecule has 1 heterocycles. The van der Waals surface area contributed by atoms with E-state index in [-0.39, 0.29) is 6.04 Å². The Kier molecular flexibility index (Phi) is 4.28. The van der Waals surface area contributed by atoms with Crippen LogP contribution in [0.3, 0.4) is 0 Å². The van der Waals surface area contributed by atoms with Crippen LogP contribution in [0.15, 0.2) is 35.7 Å². The molecule has 0 amide bonds. The fraction of sp³-hybridized carbons (Fsp3) is 0.308. The molecule has 96 valence electrons. The van der Waals surface area contributed by atoms with Gasteiger partial charge in [0.15, 0.2) is 5.16 Å². The highest BCUT2D eigenvalue weighted by atomic mass is 32.2. The molecule has 2 rings (SSSR count). The second kappa shape index (κ2) is 5.93. The minimum absolute atomic E-state index is 0.0741. The molecule has 0 saturated carbocycles. The summed E-state index contributed by atoms with van der Waals surface area (Å²) in [5.41, 5.74) is 8.44. The van der Waals surface area contributed by atoms with E-state index in [1.807, 2.05) is 12.1 Å². The van der Waals surface area contributed by atoms with Gasteiger partial charge < -0.3 is 15.5 Å². The average molecular weight is 263 g/mol. The molecule has 3 N–H and O–H groups in total. The first-order chi connectivity index (χ1) is 8.70. The van der Waals surface area contributed by atoms with E-state index in [1.165, 1.54) is 5.56 Å². The molecule has 0 aliphatic carbocycles. The van der Waals surface area contributed by atoms with Crippen molar-refractivity contribution in [3.05, 3.63) is 41.7 Å². The molecule has 1 unspecified atom stereocenters. The van der Waals surface area contributed by atoms with Crippen LogP contribution in [0.5, 0.6) is 5.75 Å². The summed E-state index contributed by atoms with van der Waals surface area (Å²) in [5.74, 6) is 1.60. The Bertz CT molecular complexity index is 499. The zero-order valence-electron chi connectivity index (χ0n) is 10.5. The highest BCUT2D eigenvalue weighted by molar-refractivity contribution is 7.99. The maximum atomic E-state index is 6.21. The lowest BCUT2D eigenvalue weighted by Gasteiger charge is -2.15. The number of methoxy groups -OCH3 is 1. The third-order valence-electron chi connectivity index (χ3n) is 2.66. The second-order valence-electron chi connectivity index (χ2n) is 4.06. The predicted molar refractivity (Wildman–Crippen MR) is 74.0 cm³/mol. The molecule has 0 aliphatic heterocycles. The van der Waals surface area contributed by atoms with E-state index >= 15 is 0 Å².